The van der Waals surface area contributed by atoms with Crippen LogP contribution in [0, 0.1) is 0 Å². The van der Waals surface area contributed by atoms with Crippen LogP contribution in [0.5, 0.6) is 0 Å². The average molecular weight is 312 g/mol. The van der Waals surface area contributed by atoms with E-state index in [2.05, 4.69) is 33.4 Å². The maximum Gasteiger partial charge on any atom is 0.0727 e. The highest BCUT2D eigenvalue weighted by Gasteiger charge is 2.01. The van der Waals surface area contributed by atoms with Crippen LogP contribution in [0.1, 0.15) is 10.4 Å². The summed E-state index contributed by atoms with van der Waals surface area (Å²) in [4.78, 5) is 1.36. The zero-order valence-corrected chi connectivity index (χ0v) is 11.8. The molecule has 2 rings (SSSR count). The molecule has 0 spiro atoms. The van der Waals surface area contributed by atoms with Gasteiger partial charge < -0.3 is 10.5 Å². The van der Waals surface area contributed by atoms with Gasteiger partial charge in [0, 0.05) is 21.5 Å². The molecule has 0 aliphatic rings. The number of thiophene rings is 1. The Morgan fingerprint density at radius 1 is 1.29 bits per heavy atom. The molecular weight excluding hydrogens is 298 g/mol. The molecule has 0 fully saturated rings. The normalized spacial score (nSPS) is 10.6. The molecule has 2 nitrogen and oxygen atoms in total. The van der Waals surface area contributed by atoms with Gasteiger partial charge in [0.05, 0.1) is 13.2 Å². The minimum absolute atomic E-state index is 0.617. The van der Waals surface area contributed by atoms with Crippen molar-refractivity contribution in [3.8, 4) is 0 Å². The topological polar surface area (TPSA) is 35.2 Å². The molecule has 0 amide bonds. The van der Waals surface area contributed by atoms with Crippen LogP contribution in [0.15, 0.2) is 40.2 Å². The first-order valence-electron chi connectivity index (χ1n) is 5.40. The lowest BCUT2D eigenvalue weighted by Gasteiger charge is -2.06. The quantitative estimate of drug-likeness (QED) is 0.672. The monoisotopic (exact) mass is 311 g/mol. The lowest BCUT2D eigenvalue weighted by atomic mass is 10.2. The van der Waals surface area contributed by atoms with E-state index in [1.807, 2.05) is 18.2 Å². The standard InChI is InChI=1S/C13H14BrNOS/c14-13-8-11(15)4-3-10(13)9-16-6-5-12-2-1-7-17-12/h1-4,7-8H,5-6,9,15H2. The number of anilines is 1. The summed E-state index contributed by atoms with van der Waals surface area (Å²) in [5.41, 5.74) is 7.57. The van der Waals surface area contributed by atoms with Gasteiger partial charge in [-0.15, -0.1) is 11.3 Å². The Bertz CT molecular complexity index is 470. The summed E-state index contributed by atoms with van der Waals surface area (Å²) in [6, 6.07) is 9.98. The van der Waals surface area contributed by atoms with Gasteiger partial charge in [0.1, 0.15) is 0 Å². The van der Waals surface area contributed by atoms with Gasteiger partial charge in [-0.3, -0.25) is 0 Å². The lowest BCUT2D eigenvalue weighted by Crippen LogP contribution is -1.99. The maximum absolute atomic E-state index is 5.68. The second-order valence-corrected chi connectivity index (χ2v) is 5.62. The van der Waals surface area contributed by atoms with Crippen LogP contribution in [0.3, 0.4) is 0 Å². The van der Waals surface area contributed by atoms with Crippen molar-refractivity contribution in [3.05, 3.63) is 50.6 Å². The number of hydrogen-bond acceptors (Lipinski definition) is 3. The Hall–Kier alpha value is -0.840. The molecule has 4 heteroatoms. The fourth-order valence-electron chi connectivity index (χ4n) is 1.49. The van der Waals surface area contributed by atoms with Crippen molar-refractivity contribution in [2.45, 2.75) is 13.0 Å². The molecule has 0 bridgehead atoms. The van der Waals surface area contributed by atoms with Crippen molar-refractivity contribution in [3.63, 3.8) is 0 Å². The van der Waals surface area contributed by atoms with E-state index in [-0.39, 0.29) is 0 Å². The van der Waals surface area contributed by atoms with E-state index in [1.165, 1.54) is 4.88 Å². The molecule has 1 aromatic carbocycles. The average Bonchev–Trinajstić information content (AvgIpc) is 2.79. The molecule has 2 aromatic rings. The zero-order chi connectivity index (χ0) is 12.1. The van der Waals surface area contributed by atoms with Crippen LogP contribution in [0.2, 0.25) is 0 Å². The van der Waals surface area contributed by atoms with E-state index in [1.54, 1.807) is 11.3 Å². The van der Waals surface area contributed by atoms with Gasteiger partial charge in [-0.2, -0.15) is 0 Å². The first kappa shape index (κ1) is 12.6. The van der Waals surface area contributed by atoms with Crippen LogP contribution in [0.4, 0.5) is 5.69 Å². The van der Waals surface area contributed by atoms with Crippen LogP contribution in [-0.2, 0) is 17.8 Å². The minimum Gasteiger partial charge on any atom is -0.399 e. The minimum atomic E-state index is 0.617. The number of nitrogens with two attached hydrogens (primary N) is 1. The molecule has 0 atom stereocenters. The number of nitrogen functional groups attached to an aromatic ring is 1. The third-order valence-corrected chi connectivity index (χ3v) is 4.08. The summed E-state index contributed by atoms with van der Waals surface area (Å²) in [5.74, 6) is 0. The number of rotatable bonds is 5. The molecule has 2 N–H and O–H groups in total. The van der Waals surface area contributed by atoms with E-state index < -0.39 is 0 Å². The Morgan fingerprint density at radius 2 is 2.18 bits per heavy atom. The van der Waals surface area contributed by atoms with Gasteiger partial charge in [0.2, 0.25) is 0 Å². The Kier molecular flexibility index (Phi) is 4.59. The van der Waals surface area contributed by atoms with Gasteiger partial charge in [-0.1, -0.05) is 28.1 Å². The Balaban J connectivity index is 1.78. The first-order valence-corrected chi connectivity index (χ1v) is 7.07. The maximum atomic E-state index is 5.68. The molecule has 0 radical (unpaired) electrons. The second-order valence-electron chi connectivity index (χ2n) is 3.73. The third kappa shape index (κ3) is 3.84. The molecule has 0 saturated heterocycles. The van der Waals surface area contributed by atoms with Crippen molar-refractivity contribution < 1.29 is 4.74 Å². The zero-order valence-electron chi connectivity index (χ0n) is 9.36. The lowest BCUT2D eigenvalue weighted by molar-refractivity contribution is 0.124. The predicted octanol–water partition coefficient (Wildman–Crippen LogP) is 3.85. The molecule has 17 heavy (non-hydrogen) atoms. The van der Waals surface area contributed by atoms with Crippen molar-refractivity contribution in [1.82, 2.24) is 0 Å². The summed E-state index contributed by atoms with van der Waals surface area (Å²) in [7, 11) is 0. The third-order valence-electron chi connectivity index (χ3n) is 2.41. The fourth-order valence-corrected chi connectivity index (χ4v) is 2.69. The van der Waals surface area contributed by atoms with Gasteiger partial charge in [-0.25, -0.2) is 0 Å². The predicted molar refractivity (Wildman–Crippen MR) is 76.2 cm³/mol. The summed E-state index contributed by atoms with van der Waals surface area (Å²) in [6.07, 6.45) is 0.976. The fraction of sp³-hybridized carbons (Fsp3) is 0.231. The van der Waals surface area contributed by atoms with Crippen molar-refractivity contribution in [1.29, 1.82) is 0 Å². The SMILES string of the molecule is Nc1ccc(COCCc2cccs2)c(Br)c1. The highest BCUT2D eigenvalue weighted by atomic mass is 79.9. The van der Waals surface area contributed by atoms with E-state index in [0.29, 0.717) is 6.61 Å². The molecule has 0 unspecified atom stereocenters. The van der Waals surface area contributed by atoms with Gasteiger partial charge >= 0.3 is 0 Å². The molecule has 0 saturated carbocycles. The van der Waals surface area contributed by atoms with Gasteiger partial charge in [-0.05, 0) is 29.1 Å². The highest BCUT2D eigenvalue weighted by Crippen LogP contribution is 2.20. The van der Waals surface area contributed by atoms with E-state index in [9.17, 15) is 0 Å². The van der Waals surface area contributed by atoms with Crippen LogP contribution in [0.25, 0.3) is 0 Å². The van der Waals surface area contributed by atoms with E-state index in [4.69, 9.17) is 10.5 Å². The van der Waals surface area contributed by atoms with Gasteiger partial charge in [0.15, 0.2) is 0 Å². The van der Waals surface area contributed by atoms with Crippen LogP contribution >= 0.6 is 27.3 Å². The van der Waals surface area contributed by atoms with Crippen LogP contribution < -0.4 is 5.73 Å². The molecular formula is C13H14BrNOS. The molecule has 0 aliphatic carbocycles. The second kappa shape index (κ2) is 6.19. The van der Waals surface area contributed by atoms with E-state index in [0.717, 1.165) is 28.8 Å². The Labute approximate surface area is 114 Å². The van der Waals surface area contributed by atoms with Gasteiger partial charge in [0.25, 0.3) is 0 Å². The summed E-state index contributed by atoms with van der Waals surface area (Å²) < 4.78 is 6.66. The van der Waals surface area contributed by atoms with Crippen molar-refractivity contribution in [2.24, 2.45) is 0 Å². The summed E-state index contributed by atoms with van der Waals surface area (Å²) in [5, 5.41) is 2.09. The first-order chi connectivity index (χ1) is 8.25. The summed E-state index contributed by atoms with van der Waals surface area (Å²) in [6.45, 7) is 1.36. The van der Waals surface area contributed by atoms with Crippen molar-refractivity contribution >= 4 is 33.0 Å². The highest BCUT2D eigenvalue weighted by molar-refractivity contribution is 9.10. The van der Waals surface area contributed by atoms with E-state index >= 15 is 0 Å². The molecule has 1 heterocycles. The number of halogens is 1. The summed E-state index contributed by atoms with van der Waals surface area (Å²) >= 11 is 5.25. The molecule has 90 valence electrons. The van der Waals surface area contributed by atoms with Crippen LogP contribution in [-0.4, -0.2) is 6.61 Å². The van der Waals surface area contributed by atoms with Crippen molar-refractivity contribution in [2.75, 3.05) is 12.3 Å². The number of hydrogen-bond donors (Lipinski definition) is 1. The molecule has 1 aromatic heterocycles. The number of ether oxygens (including phenoxy) is 1. The largest absolute Gasteiger partial charge is 0.399 e. The molecule has 0 aliphatic heterocycles. The smallest absolute Gasteiger partial charge is 0.0727 e. The Morgan fingerprint density at radius 3 is 2.88 bits per heavy atom. The number of benzene rings is 1.